The monoisotopic (exact) mass is 379 g/mol. The zero-order chi connectivity index (χ0) is 20.3. The fourth-order valence-electron chi connectivity index (χ4n) is 3.44. The third-order valence-electron chi connectivity index (χ3n) is 5.50. The van der Waals surface area contributed by atoms with Gasteiger partial charge in [0.05, 0.1) is 11.1 Å². The Hall–Kier alpha value is -2.66. The second-order valence-electron chi connectivity index (χ2n) is 7.81. The summed E-state index contributed by atoms with van der Waals surface area (Å²) < 4.78 is 0. The molecular formula is C23H29N3O2. The topological polar surface area (TPSA) is 70.2 Å². The van der Waals surface area contributed by atoms with Crippen LogP contribution in [0.2, 0.25) is 0 Å². The summed E-state index contributed by atoms with van der Waals surface area (Å²) in [6, 6.07) is 10.8. The molecule has 2 aromatic carbocycles. The zero-order valence-corrected chi connectivity index (χ0v) is 17.1. The van der Waals surface area contributed by atoms with E-state index in [0.29, 0.717) is 27.9 Å². The van der Waals surface area contributed by atoms with Gasteiger partial charge in [0.25, 0.3) is 0 Å². The molecule has 1 aliphatic carbocycles. The summed E-state index contributed by atoms with van der Waals surface area (Å²) >= 11 is 0. The highest BCUT2D eigenvalue weighted by molar-refractivity contribution is 6.31. The van der Waals surface area contributed by atoms with Crippen molar-refractivity contribution in [2.75, 3.05) is 30.8 Å². The number of ketones is 2. The maximum absolute atomic E-state index is 13.2. The van der Waals surface area contributed by atoms with Crippen molar-refractivity contribution in [3.63, 3.8) is 0 Å². The molecule has 3 N–H and O–H groups in total. The van der Waals surface area contributed by atoms with Gasteiger partial charge in [0.1, 0.15) is 0 Å². The van der Waals surface area contributed by atoms with Crippen LogP contribution in [0, 0.1) is 0 Å². The van der Waals surface area contributed by atoms with Crippen molar-refractivity contribution >= 4 is 22.9 Å². The first-order chi connectivity index (χ1) is 13.4. The summed E-state index contributed by atoms with van der Waals surface area (Å²) in [4.78, 5) is 26.2. The number of hydrogen-bond donors (Lipinski definition) is 3. The first-order valence-electron chi connectivity index (χ1n) is 9.91. The van der Waals surface area contributed by atoms with E-state index in [-0.39, 0.29) is 17.1 Å². The Morgan fingerprint density at radius 3 is 2.00 bits per heavy atom. The summed E-state index contributed by atoms with van der Waals surface area (Å²) in [5.41, 5.74) is 3.40. The standard InChI is InChI=1S/C23H29N3O2/c1-5-23(2,3)26-14-8-13-25-18-12-11-17(24-4)19-20(18)22(28)16-10-7-6-9-15(16)21(19)27/h6-7,9-12,24-26H,5,8,13-14H2,1-4H3. The van der Waals surface area contributed by atoms with Gasteiger partial charge >= 0.3 is 0 Å². The molecule has 3 rings (SSSR count). The molecule has 2 aromatic rings. The van der Waals surface area contributed by atoms with Crippen LogP contribution in [0.15, 0.2) is 36.4 Å². The first-order valence-corrected chi connectivity index (χ1v) is 9.91. The highest BCUT2D eigenvalue weighted by Crippen LogP contribution is 2.36. The molecule has 0 aromatic heterocycles. The van der Waals surface area contributed by atoms with Crippen molar-refractivity contribution < 1.29 is 9.59 Å². The Labute approximate surface area is 166 Å². The molecule has 0 unspecified atom stereocenters. The van der Waals surface area contributed by atoms with E-state index in [9.17, 15) is 9.59 Å². The molecule has 5 heteroatoms. The molecule has 0 saturated carbocycles. The molecule has 0 aliphatic heterocycles. The number of carbonyl (C=O) groups excluding carboxylic acids is 2. The molecular weight excluding hydrogens is 350 g/mol. The summed E-state index contributed by atoms with van der Waals surface area (Å²) in [6.45, 7) is 8.16. The largest absolute Gasteiger partial charge is 0.388 e. The molecule has 0 atom stereocenters. The van der Waals surface area contributed by atoms with E-state index in [4.69, 9.17) is 0 Å². The molecule has 0 fully saturated rings. The molecule has 5 nitrogen and oxygen atoms in total. The first kappa shape index (κ1) is 20.1. The highest BCUT2D eigenvalue weighted by atomic mass is 16.1. The molecule has 148 valence electrons. The Morgan fingerprint density at radius 1 is 0.857 bits per heavy atom. The van der Waals surface area contributed by atoms with Crippen molar-refractivity contribution in [3.05, 3.63) is 58.7 Å². The Bertz CT molecular complexity index is 903. The van der Waals surface area contributed by atoms with E-state index >= 15 is 0 Å². The van der Waals surface area contributed by atoms with Crippen LogP contribution in [-0.4, -0.2) is 37.2 Å². The second-order valence-corrected chi connectivity index (χ2v) is 7.81. The van der Waals surface area contributed by atoms with Gasteiger partial charge < -0.3 is 16.0 Å². The predicted molar refractivity (Wildman–Crippen MR) is 115 cm³/mol. The van der Waals surface area contributed by atoms with Gasteiger partial charge in [-0.1, -0.05) is 31.2 Å². The van der Waals surface area contributed by atoms with Crippen LogP contribution in [0.1, 0.15) is 65.5 Å². The van der Waals surface area contributed by atoms with Crippen LogP contribution in [0.25, 0.3) is 0 Å². The van der Waals surface area contributed by atoms with Gasteiger partial charge in [0, 0.05) is 41.6 Å². The Morgan fingerprint density at radius 2 is 1.43 bits per heavy atom. The van der Waals surface area contributed by atoms with Crippen LogP contribution >= 0.6 is 0 Å². The van der Waals surface area contributed by atoms with Gasteiger partial charge in [-0.05, 0) is 45.4 Å². The fourth-order valence-corrected chi connectivity index (χ4v) is 3.44. The molecule has 0 amide bonds. The van der Waals surface area contributed by atoms with E-state index in [1.165, 1.54) is 0 Å². The maximum Gasteiger partial charge on any atom is 0.196 e. The van der Waals surface area contributed by atoms with Crippen molar-refractivity contribution in [1.29, 1.82) is 0 Å². The number of hydrogen-bond acceptors (Lipinski definition) is 5. The second kappa shape index (κ2) is 8.15. The average Bonchev–Trinajstić information content (AvgIpc) is 2.71. The van der Waals surface area contributed by atoms with Crippen molar-refractivity contribution in [3.8, 4) is 0 Å². The zero-order valence-electron chi connectivity index (χ0n) is 17.1. The quantitative estimate of drug-likeness (QED) is 0.515. The lowest BCUT2D eigenvalue weighted by atomic mass is 9.82. The minimum Gasteiger partial charge on any atom is -0.388 e. The van der Waals surface area contributed by atoms with E-state index < -0.39 is 0 Å². The van der Waals surface area contributed by atoms with Gasteiger partial charge in [-0.2, -0.15) is 0 Å². The smallest absolute Gasteiger partial charge is 0.196 e. The SMILES string of the molecule is CCC(C)(C)NCCCNc1ccc(NC)c2c1C(=O)c1ccccc1C2=O. The minimum atomic E-state index is -0.107. The van der Waals surface area contributed by atoms with Crippen molar-refractivity contribution in [2.45, 2.75) is 39.2 Å². The number of rotatable bonds is 8. The number of carbonyl (C=O) groups is 2. The van der Waals surface area contributed by atoms with Gasteiger partial charge in [-0.3, -0.25) is 9.59 Å². The third kappa shape index (κ3) is 3.80. The predicted octanol–water partition coefficient (Wildman–Crippen LogP) is 4.08. The van der Waals surface area contributed by atoms with E-state index in [1.54, 1.807) is 31.3 Å². The third-order valence-corrected chi connectivity index (χ3v) is 5.50. The number of anilines is 2. The summed E-state index contributed by atoms with van der Waals surface area (Å²) in [6.07, 6.45) is 1.99. The number of fused-ring (bicyclic) bond motifs is 2. The van der Waals surface area contributed by atoms with Crippen LogP contribution in [0.5, 0.6) is 0 Å². The van der Waals surface area contributed by atoms with Crippen LogP contribution in [0.3, 0.4) is 0 Å². The maximum atomic E-state index is 13.2. The summed E-state index contributed by atoms with van der Waals surface area (Å²) in [5.74, 6) is -0.209. The molecule has 0 saturated heterocycles. The van der Waals surface area contributed by atoms with Crippen LogP contribution in [0.4, 0.5) is 11.4 Å². The van der Waals surface area contributed by atoms with E-state index in [1.807, 2.05) is 12.1 Å². The van der Waals surface area contributed by atoms with Crippen molar-refractivity contribution in [1.82, 2.24) is 5.32 Å². The van der Waals surface area contributed by atoms with Crippen molar-refractivity contribution in [2.24, 2.45) is 0 Å². The van der Waals surface area contributed by atoms with Gasteiger partial charge in [0.15, 0.2) is 11.6 Å². The van der Waals surface area contributed by atoms with Gasteiger partial charge in [-0.15, -0.1) is 0 Å². The lowest BCUT2D eigenvalue weighted by Gasteiger charge is -2.25. The fraction of sp³-hybridized carbons (Fsp3) is 0.391. The summed E-state index contributed by atoms with van der Waals surface area (Å²) in [7, 11) is 1.77. The lowest BCUT2D eigenvalue weighted by molar-refractivity contribution is 0.0980. The highest BCUT2D eigenvalue weighted by Gasteiger charge is 2.33. The molecule has 0 bridgehead atoms. The van der Waals surface area contributed by atoms with Crippen LogP contribution in [-0.2, 0) is 0 Å². The molecule has 1 aliphatic rings. The number of benzene rings is 2. The molecule has 0 radical (unpaired) electrons. The van der Waals surface area contributed by atoms with Crippen LogP contribution < -0.4 is 16.0 Å². The van der Waals surface area contributed by atoms with Gasteiger partial charge in [0.2, 0.25) is 0 Å². The van der Waals surface area contributed by atoms with E-state index in [0.717, 1.165) is 31.6 Å². The molecule has 28 heavy (non-hydrogen) atoms. The minimum absolute atomic E-state index is 0.102. The summed E-state index contributed by atoms with van der Waals surface area (Å²) in [5, 5.41) is 9.96. The lowest BCUT2D eigenvalue weighted by Crippen LogP contribution is -2.39. The van der Waals surface area contributed by atoms with Gasteiger partial charge in [-0.25, -0.2) is 0 Å². The Kier molecular flexibility index (Phi) is 5.84. The molecule has 0 heterocycles. The Balaban J connectivity index is 1.83. The van der Waals surface area contributed by atoms with E-state index in [2.05, 4.69) is 36.7 Å². The molecule has 0 spiro atoms. The average molecular weight is 380 g/mol. The normalized spacial score (nSPS) is 13.1. The number of nitrogens with one attached hydrogen (secondary N) is 3.